The van der Waals surface area contributed by atoms with E-state index < -0.39 is 6.61 Å². The Kier molecular flexibility index (Phi) is 4.82. The fraction of sp³-hybridized carbons (Fsp3) is 0.500. The van der Waals surface area contributed by atoms with Gasteiger partial charge in [0.05, 0.1) is 5.69 Å². The molecule has 0 atom stereocenters. The zero-order chi connectivity index (χ0) is 17.1. The zero-order valence-electron chi connectivity index (χ0n) is 13.7. The van der Waals surface area contributed by atoms with Crippen LogP contribution in [0.4, 0.5) is 20.5 Å². The van der Waals surface area contributed by atoms with Crippen LogP contribution in [0.2, 0.25) is 0 Å². The van der Waals surface area contributed by atoms with Gasteiger partial charge in [0.25, 0.3) is 0 Å². The predicted molar refractivity (Wildman–Crippen MR) is 85.9 cm³/mol. The average Bonchev–Trinajstić information content (AvgIpc) is 3.05. The fourth-order valence-electron chi connectivity index (χ4n) is 2.64. The van der Waals surface area contributed by atoms with E-state index in [-0.39, 0.29) is 11.7 Å². The van der Waals surface area contributed by atoms with E-state index in [1.165, 1.54) is 0 Å². The van der Waals surface area contributed by atoms with Crippen molar-refractivity contribution in [1.82, 2.24) is 10.1 Å². The summed E-state index contributed by atoms with van der Waals surface area (Å²) in [5, 5.41) is 3.97. The van der Waals surface area contributed by atoms with Crippen LogP contribution >= 0.6 is 0 Å². The van der Waals surface area contributed by atoms with Crippen molar-refractivity contribution in [2.24, 2.45) is 0 Å². The van der Waals surface area contributed by atoms with Gasteiger partial charge in [0.2, 0.25) is 0 Å². The molecule has 1 aromatic heterocycles. The molecule has 1 aromatic carbocycles. The summed E-state index contributed by atoms with van der Waals surface area (Å²) in [6, 6.07) is 7.35. The van der Waals surface area contributed by atoms with Gasteiger partial charge in [0, 0.05) is 32.1 Å². The SMILES string of the molecule is CC(C)c1noc(N2CCN(c3ccccc3OC(F)F)CC2)n1. The molecule has 0 saturated carbocycles. The largest absolute Gasteiger partial charge is 0.433 e. The lowest BCUT2D eigenvalue weighted by molar-refractivity contribution is -0.0495. The number of rotatable bonds is 5. The van der Waals surface area contributed by atoms with Crippen molar-refractivity contribution < 1.29 is 18.0 Å². The second-order valence-corrected chi connectivity index (χ2v) is 5.91. The first-order chi connectivity index (χ1) is 11.5. The van der Waals surface area contributed by atoms with Crippen molar-refractivity contribution in [3.05, 3.63) is 30.1 Å². The minimum Gasteiger partial charge on any atom is -0.433 e. The van der Waals surface area contributed by atoms with Gasteiger partial charge in [0.1, 0.15) is 5.75 Å². The minimum atomic E-state index is -2.83. The quantitative estimate of drug-likeness (QED) is 0.835. The van der Waals surface area contributed by atoms with Crippen LogP contribution in [0.15, 0.2) is 28.8 Å². The summed E-state index contributed by atoms with van der Waals surface area (Å²) in [5.74, 6) is 1.09. The van der Waals surface area contributed by atoms with E-state index in [0.29, 0.717) is 43.7 Å². The number of halogens is 2. The Labute approximate surface area is 139 Å². The van der Waals surface area contributed by atoms with Gasteiger partial charge in [-0.25, -0.2) is 0 Å². The van der Waals surface area contributed by atoms with Crippen LogP contribution in [0.5, 0.6) is 5.75 Å². The van der Waals surface area contributed by atoms with Gasteiger partial charge in [-0.1, -0.05) is 31.1 Å². The highest BCUT2D eigenvalue weighted by atomic mass is 19.3. The third-order valence-electron chi connectivity index (χ3n) is 3.92. The highest BCUT2D eigenvalue weighted by Gasteiger charge is 2.24. The highest BCUT2D eigenvalue weighted by molar-refractivity contribution is 5.59. The molecule has 24 heavy (non-hydrogen) atoms. The van der Waals surface area contributed by atoms with Gasteiger partial charge in [-0.2, -0.15) is 13.8 Å². The Bertz CT molecular complexity index is 670. The first-order valence-corrected chi connectivity index (χ1v) is 7.92. The Hall–Kier alpha value is -2.38. The Morgan fingerprint density at radius 3 is 2.38 bits per heavy atom. The number of benzene rings is 1. The summed E-state index contributed by atoms with van der Waals surface area (Å²) in [4.78, 5) is 8.42. The van der Waals surface area contributed by atoms with Crippen LogP contribution in [0.1, 0.15) is 25.6 Å². The van der Waals surface area contributed by atoms with Crippen molar-refractivity contribution in [1.29, 1.82) is 0 Å². The van der Waals surface area contributed by atoms with E-state index in [1.807, 2.05) is 29.7 Å². The molecule has 1 saturated heterocycles. The third kappa shape index (κ3) is 3.58. The van der Waals surface area contributed by atoms with E-state index in [0.717, 1.165) is 0 Å². The van der Waals surface area contributed by atoms with Gasteiger partial charge in [-0.3, -0.25) is 0 Å². The monoisotopic (exact) mass is 338 g/mol. The predicted octanol–water partition coefficient (Wildman–Crippen LogP) is 3.12. The molecule has 0 N–H and O–H groups in total. The number of aromatic nitrogens is 2. The summed E-state index contributed by atoms with van der Waals surface area (Å²) in [6.45, 7) is 3.83. The van der Waals surface area contributed by atoms with Crippen molar-refractivity contribution in [3.8, 4) is 5.75 Å². The minimum absolute atomic E-state index is 0.195. The summed E-state index contributed by atoms with van der Waals surface area (Å²) in [6.07, 6.45) is 0. The lowest BCUT2D eigenvalue weighted by Gasteiger charge is -2.35. The first-order valence-electron chi connectivity index (χ1n) is 7.92. The normalized spacial score (nSPS) is 15.4. The Morgan fingerprint density at radius 1 is 1.08 bits per heavy atom. The molecule has 0 unspecified atom stereocenters. The number of hydrogen-bond acceptors (Lipinski definition) is 6. The molecule has 0 bridgehead atoms. The maximum absolute atomic E-state index is 12.5. The number of nitrogens with zero attached hydrogens (tertiary/aromatic N) is 4. The molecule has 3 rings (SSSR count). The summed E-state index contributed by atoms with van der Waals surface area (Å²) in [7, 11) is 0. The summed E-state index contributed by atoms with van der Waals surface area (Å²) in [5.41, 5.74) is 0.672. The van der Waals surface area contributed by atoms with E-state index in [2.05, 4.69) is 14.9 Å². The maximum atomic E-state index is 12.5. The molecule has 0 amide bonds. The van der Waals surface area contributed by atoms with Crippen LogP contribution < -0.4 is 14.5 Å². The average molecular weight is 338 g/mol. The van der Waals surface area contributed by atoms with Gasteiger partial charge in [0.15, 0.2) is 5.82 Å². The number of ether oxygens (including phenoxy) is 1. The van der Waals surface area contributed by atoms with E-state index in [1.54, 1.807) is 18.2 Å². The Balaban J connectivity index is 1.67. The van der Waals surface area contributed by atoms with Gasteiger partial charge in [-0.05, 0) is 12.1 Å². The number of piperazine rings is 1. The molecule has 130 valence electrons. The summed E-state index contributed by atoms with van der Waals surface area (Å²) >= 11 is 0. The van der Waals surface area contributed by atoms with Crippen molar-refractivity contribution >= 4 is 11.7 Å². The molecule has 2 aromatic rings. The molecule has 6 nitrogen and oxygen atoms in total. The number of alkyl halides is 2. The van der Waals surface area contributed by atoms with Gasteiger partial charge in [-0.15, -0.1) is 0 Å². The molecule has 0 aliphatic carbocycles. The molecule has 8 heteroatoms. The molecule has 1 aliphatic rings. The number of hydrogen-bond donors (Lipinski definition) is 0. The van der Waals surface area contributed by atoms with Crippen molar-refractivity contribution in [3.63, 3.8) is 0 Å². The van der Waals surface area contributed by atoms with Crippen molar-refractivity contribution in [2.45, 2.75) is 26.4 Å². The highest BCUT2D eigenvalue weighted by Crippen LogP contribution is 2.30. The Morgan fingerprint density at radius 2 is 1.75 bits per heavy atom. The van der Waals surface area contributed by atoms with Crippen molar-refractivity contribution in [2.75, 3.05) is 36.0 Å². The molecule has 1 fully saturated rings. The molecule has 2 heterocycles. The molecular weight excluding hydrogens is 318 g/mol. The lowest BCUT2D eigenvalue weighted by Crippen LogP contribution is -2.46. The van der Waals surface area contributed by atoms with E-state index in [9.17, 15) is 8.78 Å². The van der Waals surface area contributed by atoms with Gasteiger partial charge >= 0.3 is 12.6 Å². The molecular formula is C16H20F2N4O2. The fourth-order valence-corrected chi connectivity index (χ4v) is 2.64. The maximum Gasteiger partial charge on any atom is 0.387 e. The van der Waals surface area contributed by atoms with Crippen LogP contribution in [0.25, 0.3) is 0 Å². The third-order valence-corrected chi connectivity index (χ3v) is 3.92. The van der Waals surface area contributed by atoms with Crippen LogP contribution in [0.3, 0.4) is 0 Å². The smallest absolute Gasteiger partial charge is 0.387 e. The van der Waals surface area contributed by atoms with Gasteiger partial charge < -0.3 is 19.1 Å². The van der Waals surface area contributed by atoms with Crippen LogP contribution in [0, 0.1) is 0 Å². The molecule has 1 aliphatic heterocycles. The number of anilines is 2. The van der Waals surface area contributed by atoms with Crippen LogP contribution in [-0.4, -0.2) is 42.9 Å². The molecule has 0 radical (unpaired) electrons. The topological polar surface area (TPSA) is 54.6 Å². The second kappa shape index (κ2) is 7.02. The number of para-hydroxylation sites is 2. The zero-order valence-corrected chi connectivity index (χ0v) is 13.7. The van der Waals surface area contributed by atoms with E-state index >= 15 is 0 Å². The lowest BCUT2D eigenvalue weighted by atomic mass is 10.2. The summed E-state index contributed by atoms with van der Waals surface area (Å²) < 4.78 is 35.0. The second-order valence-electron chi connectivity index (χ2n) is 5.91. The van der Waals surface area contributed by atoms with Crippen LogP contribution in [-0.2, 0) is 0 Å². The standard InChI is InChI=1S/C16H20F2N4O2/c1-11(2)14-19-16(24-20-14)22-9-7-21(8-10-22)12-5-3-4-6-13(12)23-15(17)18/h3-6,11,15H,7-10H2,1-2H3. The van der Waals surface area contributed by atoms with E-state index in [4.69, 9.17) is 4.52 Å². The molecule has 0 spiro atoms. The first kappa shape index (κ1) is 16.5.